The molecule has 1 saturated heterocycles. The number of hydrogen-bond donors (Lipinski definition) is 0. The highest BCUT2D eigenvalue weighted by Gasteiger charge is 2.53. The van der Waals surface area contributed by atoms with Crippen molar-refractivity contribution in [2.75, 3.05) is 6.61 Å². The number of rotatable bonds is 7. The van der Waals surface area contributed by atoms with Gasteiger partial charge < -0.3 is 14.0 Å². The van der Waals surface area contributed by atoms with E-state index in [4.69, 9.17) is 14.0 Å². The lowest BCUT2D eigenvalue weighted by atomic mass is 9.68. The lowest BCUT2D eigenvalue weighted by molar-refractivity contribution is 0.00578. The van der Waals surface area contributed by atoms with Gasteiger partial charge in [-0.05, 0) is 62.3 Å². The molecule has 2 aromatic carbocycles. The van der Waals surface area contributed by atoms with Crippen LogP contribution in [-0.2, 0) is 20.7 Å². The molecule has 0 spiro atoms. The topological polar surface area (TPSA) is 27.7 Å². The summed E-state index contributed by atoms with van der Waals surface area (Å²) in [4.78, 5) is 0. The summed E-state index contributed by atoms with van der Waals surface area (Å²) >= 11 is 0. The highest BCUT2D eigenvalue weighted by Crippen LogP contribution is 2.41. The zero-order valence-corrected chi connectivity index (χ0v) is 16.7. The van der Waals surface area contributed by atoms with Gasteiger partial charge in [0.05, 0.1) is 17.8 Å². The molecule has 0 N–H and O–H groups in total. The molecule has 0 saturated carbocycles. The molecular weight excluding hydrogens is 323 g/mol. The van der Waals surface area contributed by atoms with Crippen molar-refractivity contribution >= 4 is 17.9 Å². The molecule has 0 aromatic heterocycles. The first kappa shape index (κ1) is 19.4. The predicted octanol–water partition coefficient (Wildman–Crippen LogP) is 5.62. The van der Waals surface area contributed by atoms with Crippen molar-refractivity contribution in [2.45, 2.75) is 71.1 Å². The highest BCUT2D eigenvalue weighted by molar-refractivity contribution is 6.47. The Labute approximate surface area is 158 Å². The molecule has 0 bridgehead atoms. The van der Waals surface area contributed by atoms with Crippen LogP contribution >= 0.6 is 0 Å². The SMILES string of the molecule is CCC(CCOCc1ccc2ccccc2c1)B1OC(C)(C)C(C)(C)O1. The largest absolute Gasteiger partial charge is 0.461 e. The van der Waals surface area contributed by atoms with E-state index in [9.17, 15) is 0 Å². The van der Waals surface area contributed by atoms with E-state index in [1.54, 1.807) is 0 Å². The third kappa shape index (κ3) is 4.14. The van der Waals surface area contributed by atoms with Crippen molar-refractivity contribution in [3.63, 3.8) is 0 Å². The lowest BCUT2D eigenvalue weighted by Crippen LogP contribution is -2.41. The van der Waals surface area contributed by atoms with Gasteiger partial charge in [-0.15, -0.1) is 0 Å². The van der Waals surface area contributed by atoms with Gasteiger partial charge in [-0.1, -0.05) is 49.7 Å². The van der Waals surface area contributed by atoms with Crippen LogP contribution < -0.4 is 0 Å². The average Bonchev–Trinajstić information content (AvgIpc) is 2.82. The molecule has 3 nitrogen and oxygen atoms in total. The molecule has 1 aliphatic heterocycles. The molecule has 2 aromatic rings. The van der Waals surface area contributed by atoms with Crippen molar-refractivity contribution in [3.05, 3.63) is 48.0 Å². The Balaban J connectivity index is 1.50. The Morgan fingerprint density at radius 1 is 0.962 bits per heavy atom. The Bertz CT molecular complexity index is 725. The standard InChI is InChI=1S/C22H31BO3/c1-6-20(23-25-21(2,3)22(4,5)26-23)13-14-24-16-17-11-12-18-9-7-8-10-19(18)15-17/h7-12,15,20H,6,13-14,16H2,1-5H3. The second kappa shape index (κ2) is 7.71. The van der Waals surface area contributed by atoms with Crippen LogP contribution in [0.2, 0.25) is 5.82 Å². The molecule has 1 aliphatic rings. The monoisotopic (exact) mass is 354 g/mol. The molecule has 26 heavy (non-hydrogen) atoms. The van der Waals surface area contributed by atoms with Crippen LogP contribution in [0.5, 0.6) is 0 Å². The van der Waals surface area contributed by atoms with Crippen molar-refractivity contribution in [3.8, 4) is 0 Å². The summed E-state index contributed by atoms with van der Waals surface area (Å²) in [6.07, 6.45) is 1.97. The third-order valence-corrected chi connectivity index (χ3v) is 5.90. The Morgan fingerprint density at radius 3 is 2.27 bits per heavy atom. The number of fused-ring (bicyclic) bond motifs is 1. The second-order valence-corrected chi connectivity index (χ2v) is 8.32. The van der Waals surface area contributed by atoms with Crippen LogP contribution in [0.4, 0.5) is 0 Å². The molecule has 0 amide bonds. The first-order chi connectivity index (χ1) is 12.3. The summed E-state index contributed by atoms with van der Waals surface area (Å²) in [5.41, 5.74) is 0.682. The van der Waals surface area contributed by atoms with E-state index >= 15 is 0 Å². The van der Waals surface area contributed by atoms with Crippen molar-refractivity contribution in [1.29, 1.82) is 0 Å². The maximum Gasteiger partial charge on any atom is 0.461 e. The lowest BCUT2D eigenvalue weighted by Gasteiger charge is -2.32. The Kier molecular flexibility index (Phi) is 5.76. The van der Waals surface area contributed by atoms with Gasteiger partial charge in [0, 0.05) is 6.61 Å². The number of ether oxygens (including phenoxy) is 1. The van der Waals surface area contributed by atoms with E-state index in [-0.39, 0.29) is 18.3 Å². The molecular formula is C22H31BO3. The van der Waals surface area contributed by atoms with Crippen LogP contribution in [0.25, 0.3) is 10.8 Å². The summed E-state index contributed by atoms with van der Waals surface area (Å²) in [6.45, 7) is 12.0. The summed E-state index contributed by atoms with van der Waals surface area (Å²) in [7, 11) is -0.144. The normalized spacial score (nSPS) is 19.8. The number of hydrogen-bond acceptors (Lipinski definition) is 3. The minimum Gasteiger partial charge on any atom is -0.403 e. The second-order valence-electron chi connectivity index (χ2n) is 8.32. The fourth-order valence-electron chi connectivity index (χ4n) is 3.37. The first-order valence-electron chi connectivity index (χ1n) is 9.73. The minimum absolute atomic E-state index is 0.144. The maximum atomic E-state index is 6.20. The van der Waals surface area contributed by atoms with Crippen LogP contribution in [-0.4, -0.2) is 24.9 Å². The van der Waals surface area contributed by atoms with Crippen molar-refractivity contribution in [2.24, 2.45) is 0 Å². The molecule has 4 heteroatoms. The van der Waals surface area contributed by atoms with Gasteiger partial charge in [0.2, 0.25) is 0 Å². The molecule has 1 heterocycles. The average molecular weight is 354 g/mol. The number of benzene rings is 2. The maximum absolute atomic E-state index is 6.20. The Hall–Kier alpha value is -1.36. The van der Waals surface area contributed by atoms with E-state index in [0.717, 1.165) is 19.4 Å². The van der Waals surface area contributed by atoms with Gasteiger partial charge in [-0.25, -0.2) is 0 Å². The van der Waals surface area contributed by atoms with Crippen LogP contribution in [0.1, 0.15) is 53.0 Å². The molecule has 3 rings (SSSR count). The molecule has 140 valence electrons. The molecule has 0 radical (unpaired) electrons. The van der Waals surface area contributed by atoms with E-state index in [2.05, 4.69) is 77.1 Å². The van der Waals surface area contributed by atoms with Gasteiger partial charge >= 0.3 is 7.12 Å². The third-order valence-electron chi connectivity index (χ3n) is 5.90. The van der Waals surface area contributed by atoms with E-state index in [0.29, 0.717) is 12.4 Å². The molecule has 1 atom stereocenters. The van der Waals surface area contributed by atoms with Crippen molar-refractivity contribution in [1.82, 2.24) is 0 Å². The molecule has 0 aliphatic carbocycles. The van der Waals surface area contributed by atoms with Crippen LogP contribution in [0.3, 0.4) is 0 Å². The fraction of sp³-hybridized carbons (Fsp3) is 0.545. The minimum atomic E-state index is -0.267. The van der Waals surface area contributed by atoms with Crippen LogP contribution in [0, 0.1) is 0 Å². The zero-order valence-electron chi connectivity index (χ0n) is 16.7. The van der Waals surface area contributed by atoms with E-state index in [1.807, 2.05) is 0 Å². The highest BCUT2D eigenvalue weighted by atomic mass is 16.7. The Morgan fingerprint density at radius 2 is 1.62 bits per heavy atom. The van der Waals surface area contributed by atoms with Gasteiger partial charge in [0.25, 0.3) is 0 Å². The quantitative estimate of drug-likeness (QED) is 0.477. The first-order valence-corrected chi connectivity index (χ1v) is 9.73. The van der Waals surface area contributed by atoms with E-state index in [1.165, 1.54) is 16.3 Å². The van der Waals surface area contributed by atoms with Crippen LogP contribution in [0.15, 0.2) is 42.5 Å². The summed E-state index contributed by atoms with van der Waals surface area (Å²) in [5, 5.41) is 2.53. The molecule has 1 fully saturated rings. The smallest absolute Gasteiger partial charge is 0.403 e. The predicted molar refractivity (Wildman–Crippen MR) is 108 cm³/mol. The van der Waals surface area contributed by atoms with Gasteiger partial charge in [-0.3, -0.25) is 0 Å². The van der Waals surface area contributed by atoms with Gasteiger partial charge in [0.1, 0.15) is 0 Å². The summed E-state index contributed by atoms with van der Waals surface area (Å²) < 4.78 is 18.4. The summed E-state index contributed by atoms with van der Waals surface area (Å²) in [5.74, 6) is 0.354. The fourth-order valence-corrected chi connectivity index (χ4v) is 3.37. The van der Waals surface area contributed by atoms with Crippen molar-refractivity contribution < 1.29 is 14.0 Å². The summed E-state index contributed by atoms with van der Waals surface area (Å²) in [6, 6.07) is 14.9. The molecule has 1 unspecified atom stereocenters. The van der Waals surface area contributed by atoms with Gasteiger partial charge in [-0.2, -0.15) is 0 Å². The zero-order chi connectivity index (χ0) is 18.8. The van der Waals surface area contributed by atoms with Gasteiger partial charge in [0.15, 0.2) is 0 Å². The van der Waals surface area contributed by atoms with E-state index < -0.39 is 0 Å².